The highest BCUT2D eigenvalue weighted by atomic mass is 15.3. The SMILES string of the molecule is C=CCN1C(CC)(CC)c2ccc(N)cc2C1(CC)CC. The van der Waals surface area contributed by atoms with Crippen LogP contribution < -0.4 is 5.73 Å². The zero-order chi connectivity index (χ0) is 15.7. The lowest BCUT2D eigenvalue weighted by Gasteiger charge is -2.46. The number of nitrogens with two attached hydrogens (primary N) is 1. The van der Waals surface area contributed by atoms with Gasteiger partial charge in [0.2, 0.25) is 0 Å². The molecule has 0 bridgehead atoms. The quantitative estimate of drug-likeness (QED) is 0.601. The van der Waals surface area contributed by atoms with Crippen LogP contribution in [0.25, 0.3) is 0 Å². The first kappa shape index (κ1) is 16.1. The molecule has 21 heavy (non-hydrogen) atoms. The monoisotopic (exact) mass is 286 g/mol. The van der Waals surface area contributed by atoms with Gasteiger partial charge in [0.05, 0.1) is 0 Å². The molecule has 0 spiro atoms. The largest absolute Gasteiger partial charge is 0.399 e. The molecule has 116 valence electrons. The second-order valence-electron chi connectivity index (χ2n) is 6.18. The number of benzene rings is 1. The molecule has 0 aliphatic carbocycles. The minimum Gasteiger partial charge on any atom is -0.399 e. The van der Waals surface area contributed by atoms with Crippen LogP contribution in [0, 0.1) is 0 Å². The molecule has 2 rings (SSSR count). The fourth-order valence-corrected chi connectivity index (χ4v) is 4.56. The van der Waals surface area contributed by atoms with E-state index in [2.05, 4.69) is 63.4 Å². The number of hydrogen-bond acceptors (Lipinski definition) is 2. The summed E-state index contributed by atoms with van der Waals surface area (Å²) in [6.07, 6.45) is 6.51. The van der Waals surface area contributed by atoms with E-state index in [1.54, 1.807) is 0 Å². The molecule has 2 N–H and O–H groups in total. The first-order valence-corrected chi connectivity index (χ1v) is 8.35. The average Bonchev–Trinajstić information content (AvgIpc) is 2.74. The van der Waals surface area contributed by atoms with Crippen molar-refractivity contribution in [2.24, 2.45) is 0 Å². The Balaban J connectivity index is 2.77. The van der Waals surface area contributed by atoms with Crippen molar-refractivity contribution in [1.82, 2.24) is 4.90 Å². The minimum absolute atomic E-state index is 0.0882. The third-order valence-corrected chi connectivity index (χ3v) is 5.73. The summed E-state index contributed by atoms with van der Waals surface area (Å²) in [5.41, 5.74) is 10.1. The van der Waals surface area contributed by atoms with Crippen molar-refractivity contribution in [2.75, 3.05) is 12.3 Å². The molecule has 1 aromatic rings. The first-order valence-electron chi connectivity index (χ1n) is 8.35. The predicted octanol–water partition coefficient (Wildman–Crippen LogP) is 4.80. The molecule has 0 saturated heterocycles. The highest BCUT2D eigenvalue weighted by Crippen LogP contribution is 2.56. The fourth-order valence-electron chi connectivity index (χ4n) is 4.56. The van der Waals surface area contributed by atoms with Gasteiger partial charge in [-0.2, -0.15) is 0 Å². The number of anilines is 1. The van der Waals surface area contributed by atoms with Crippen molar-refractivity contribution in [1.29, 1.82) is 0 Å². The van der Waals surface area contributed by atoms with Crippen LogP contribution in [-0.2, 0) is 11.1 Å². The molecule has 0 aromatic heterocycles. The molecule has 0 amide bonds. The van der Waals surface area contributed by atoms with Gasteiger partial charge in [0, 0.05) is 23.3 Å². The predicted molar refractivity (Wildman–Crippen MR) is 92.3 cm³/mol. The van der Waals surface area contributed by atoms with E-state index in [-0.39, 0.29) is 11.1 Å². The van der Waals surface area contributed by atoms with Crippen molar-refractivity contribution >= 4 is 5.69 Å². The van der Waals surface area contributed by atoms with Crippen molar-refractivity contribution in [2.45, 2.75) is 64.5 Å². The third kappa shape index (κ3) is 2.03. The topological polar surface area (TPSA) is 29.3 Å². The van der Waals surface area contributed by atoms with E-state index >= 15 is 0 Å². The lowest BCUT2D eigenvalue weighted by atomic mass is 9.82. The van der Waals surface area contributed by atoms with Crippen molar-refractivity contribution in [3.8, 4) is 0 Å². The number of nitrogens with zero attached hydrogens (tertiary/aromatic N) is 1. The summed E-state index contributed by atoms with van der Waals surface area (Å²) < 4.78 is 0. The second kappa shape index (κ2) is 5.84. The summed E-state index contributed by atoms with van der Waals surface area (Å²) in [6, 6.07) is 6.54. The molecular formula is C19H30N2. The Bertz CT molecular complexity index is 510. The van der Waals surface area contributed by atoms with Gasteiger partial charge in [0.15, 0.2) is 0 Å². The Kier molecular flexibility index (Phi) is 4.48. The molecule has 1 aliphatic rings. The smallest absolute Gasteiger partial charge is 0.0471 e. The van der Waals surface area contributed by atoms with Crippen molar-refractivity contribution in [3.63, 3.8) is 0 Å². The summed E-state index contributed by atoms with van der Waals surface area (Å²) in [6.45, 7) is 14.1. The highest BCUT2D eigenvalue weighted by molar-refractivity contribution is 5.53. The maximum Gasteiger partial charge on any atom is 0.0471 e. The first-order chi connectivity index (χ1) is 10.1. The van der Waals surface area contributed by atoms with E-state index in [1.165, 1.54) is 11.1 Å². The van der Waals surface area contributed by atoms with Gasteiger partial charge in [0.1, 0.15) is 0 Å². The number of nitrogen functional groups attached to an aromatic ring is 1. The normalized spacial score (nSPS) is 19.4. The van der Waals surface area contributed by atoms with Gasteiger partial charge in [-0.3, -0.25) is 4.90 Å². The second-order valence-corrected chi connectivity index (χ2v) is 6.18. The molecule has 1 aromatic carbocycles. The van der Waals surface area contributed by atoms with E-state index in [0.29, 0.717) is 0 Å². The van der Waals surface area contributed by atoms with E-state index in [9.17, 15) is 0 Å². The van der Waals surface area contributed by atoms with Gasteiger partial charge in [-0.15, -0.1) is 6.58 Å². The molecule has 1 aliphatic heterocycles. The van der Waals surface area contributed by atoms with Gasteiger partial charge in [0.25, 0.3) is 0 Å². The lowest BCUT2D eigenvalue weighted by molar-refractivity contribution is -0.00391. The van der Waals surface area contributed by atoms with E-state index in [4.69, 9.17) is 5.73 Å². The van der Waals surface area contributed by atoms with Crippen LogP contribution in [-0.4, -0.2) is 11.4 Å². The Morgan fingerprint density at radius 2 is 1.52 bits per heavy atom. The Labute approximate surface area is 130 Å². The third-order valence-electron chi connectivity index (χ3n) is 5.73. The molecule has 2 nitrogen and oxygen atoms in total. The van der Waals surface area contributed by atoms with Crippen LogP contribution in [0.4, 0.5) is 5.69 Å². The zero-order valence-electron chi connectivity index (χ0n) is 14.1. The maximum atomic E-state index is 6.11. The number of rotatable bonds is 6. The van der Waals surface area contributed by atoms with E-state index in [0.717, 1.165) is 37.9 Å². The lowest BCUT2D eigenvalue weighted by Crippen LogP contribution is -2.50. The molecular weight excluding hydrogens is 256 g/mol. The fraction of sp³-hybridized carbons (Fsp3) is 0.579. The molecule has 0 saturated carbocycles. The van der Waals surface area contributed by atoms with Crippen molar-refractivity contribution < 1.29 is 0 Å². The average molecular weight is 286 g/mol. The highest BCUT2D eigenvalue weighted by Gasteiger charge is 2.54. The molecule has 1 heterocycles. The molecule has 0 fully saturated rings. The summed E-state index contributed by atoms with van der Waals surface area (Å²) >= 11 is 0. The van der Waals surface area contributed by atoms with Gasteiger partial charge >= 0.3 is 0 Å². The van der Waals surface area contributed by atoms with E-state index < -0.39 is 0 Å². The Hall–Kier alpha value is -1.28. The summed E-state index contributed by atoms with van der Waals surface area (Å²) in [5.74, 6) is 0. The van der Waals surface area contributed by atoms with Crippen LogP contribution in [0.3, 0.4) is 0 Å². The molecule has 0 radical (unpaired) electrons. The summed E-state index contributed by atoms with van der Waals surface area (Å²) in [7, 11) is 0. The van der Waals surface area contributed by atoms with Crippen LogP contribution >= 0.6 is 0 Å². The Morgan fingerprint density at radius 1 is 1.00 bits per heavy atom. The van der Waals surface area contributed by atoms with Gasteiger partial charge < -0.3 is 5.73 Å². The molecule has 0 atom stereocenters. The molecule has 2 heteroatoms. The standard InChI is InChI=1S/C19H30N2/c1-6-13-21-18(7-2,8-3)16-12-11-15(20)14-17(16)19(21,9-4)10-5/h6,11-12,14H,1,7-10,13,20H2,2-5H3. The number of fused-ring (bicyclic) bond motifs is 1. The van der Waals surface area contributed by atoms with Crippen LogP contribution in [0.5, 0.6) is 0 Å². The van der Waals surface area contributed by atoms with Gasteiger partial charge in [-0.25, -0.2) is 0 Å². The Morgan fingerprint density at radius 3 is 2.00 bits per heavy atom. The number of hydrogen-bond donors (Lipinski definition) is 1. The van der Waals surface area contributed by atoms with E-state index in [1.807, 2.05) is 0 Å². The van der Waals surface area contributed by atoms with Crippen molar-refractivity contribution in [3.05, 3.63) is 42.0 Å². The maximum absolute atomic E-state index is 6.11. The van der Waals surface area contributed by atoms with Crippen LogP contribution in [0.2, 0.25) is 0 Å². The minimum atomic E-state index is 0.0882. The summed E-state index contributed by atoms with van der Waals surface area (Å²) in [5, 5.41) is 0. The van der Waals surface area contributed by atoms with Gasteiger partial charge in [-0.05, 0) is 48.9 Å². The summed E-state index contributed by atoms with van der Waals surface area (Å²) in [4.78, 5) is 2.69. The zero-order valence-corrected chi connectivity index (χ0v) is 14.1. The van der Waals surface area contributed by atoms with Crippen LogP contribution in [0.1, 0.15) is 64.5 Å². The van der Waals surface area contributed by atoms with Gasteiger partial charge in [-0.1, -0.05) is 39.8 Å². The van der Waals surface area contributed by atoms with Crippen LogP contribution in [0.15, 0.2) is 30.9 Å². The molecule has 0 unspecified atom stereocenters.